The average molecular weight is 597 g/mol. The third-order valence-corrected chi connectivity index (χ3v) is 7.98. The van der Waals surface area contributed by atoms with Crippen LogP contribution in [-0.4, -0.2) is 52.5 Å². The first-order chi connectivity index (χ1) is 19.8. The maximum atomic E-state index is 15.4. The van der Waals surface area contributed by atoms with Gasteiger partial charge in [-0.25, -0.2) is 4.39 Å². The molecule has 42 heavy (non-hydrogen) atoms. The van der Waals surface area contributed by atoms with Crippen molar-refractivity contribution in [3.63, 3.8) is 0 Å². The Balaban J connectivity index is 1.58. The van der Waals surface area contributed by atoms with Crippen molar-refractivity contribution < 1.29 is 32.3 Å². The lowest BCUT2D eigenvalue weighted by Crippen LogP contribution is -2.49. The molecule has 2 aliphatic rings. The summed E-state index contributed by atoms with van der Waals surface area (Å²) in [4.78, 5) is 26.2. The van der Waals surface area contributed by atoms with Crippen LogP contribution in [-0.2, 0) is 16.1 Å². The number of nitrogens with one attached hydrogen (secondary N) is 4. The zero-order valence-corrected chi connectivity index (χ0v) is 24.3. The van der Waals surface area contributed by atoms with Crippen LogP contribution in [0.1, 0.15) is 81.5 Å². The number of aliphatic hydroxyl groups excluding tert-OH is 1. The second kappa shape index (κ2) is 13.1. The Hall–Kier alpha value is -3.03. The highest BCUT2D eigenvalue weighted by atomic mass is 19.4. The van der Waals surface area contributed by atoms with Gasteiger partial charge >= 0.3 is 6.18 Å². The zero-order valence-electron chi connectivity index (χ0n) is 24.3. The Bertz CT molecular complexity index is 1250. The van der Waals surface area contributed by atoms with Crippen LogP contribution < -0.4 is 21.3 Å². The number of anilines is 1. The summed E-state index contributed by atoms with van der Waals surface area (Å²) in [6.07, 6.45) is -0.249. The van der Waals surface area contributed by atoms with E-state index in [0.29, 0.717) is 23.1 Å². The van der Waals surface area contributed by atoms with Crippen LogP contribution in [0.4, 0.5) is 23.2 Å². The predicted octanol–water partition coefficient (Wildman–Crippen LogP) is 4.13. The molecule has 2 aliphatic carbocycles. The van der Waals surface area contributed by atoms with E-state index in [1.54, 1.807) is 24.0 Å². The number of aliphatic hydroxyl groups is 1. The van der Waals surface area contributed by atoms with Crippen molar-refractivity contribution in [2.75, 3.05) is 18.9 Å². The second-order valence-electron chi connectivity index (χ2n) is 11.7. The number of hydrogen-bond donors (Lipinski definition) is 5. The largest absolute Gasteiger partial charge is 0.405 e. The molecule has 3 atom stereocenters. The molecule has 0 radical (unpaired) electrons. The smallest absolute Gasteiger partial charge is 0.373 e. The van der Waals surface area contributed by atoms with E-state index in [1.165, 1.54) is 13.0 Å². The van der Waals surface area contributed by atoms with Gasteiger partial charge in [-0.1, -0.05) is 0 Å². The highest BCUT2D eigenvalue weighted by Gasteiger charge is 2.48. The molecule has 13 heteroatoms. The van der Waals surface area contributed by atoms with Gasteiger partial charge in [-0.3, -0.25) is 19.6 Å². The maximum Gasteiger partial charge on any atom is 0.405 e. The minimum absolute atomic E-state index is 0.0162. The molecule has 0 bridgehead atoms. The second-order valence-corrected chi connectivity index (χ2v) is 11.7. The van der Waals surface area contributed by atoms with Crippen LogP contribution >= 0.6 is 0 Å². The van der Waals surface area contributed by atoms with Gasteiger partial charge in [0.15, 0.2) is 0 Å². The molecule has 2 aromatic rings. The number of aromatic nitrogens is 2. The van der Waals surface area contributed by atoms with Crippen LogP contribution in [0.2, 0.25) is 0 Å². The molecule has 2 unspecified atom stereocenters. The molecule has 2 amide bonds. The Kier molecular flexibility index (Phi) is 9.94. The molecule has 2 fully saturated rings. The van der Waals surface area contributed by atoms with Crippen LogP contribution in [0.3, 0.4) is 0 Å². The summed E-state index contributed by atoms with van der Waals surface area (Å²) >= 11 is 0. The fourth-order valence-corrected chi connectivity index (χ4v) is 5.65. The van der Waals surface area contributed by atoms with Gasteiger partial charge in [0.1, 0.15) is 18.6 Å². The van der Waals surface area contributed by atoms with Crippen molar-refractivity contribution in [2.45, 2.75) is 83.4 Å². The lowest BCUT2D eigenvalue weighted by molar-refractivity contribution is -0.139. The number of rotatable bonds is 14. The summed E-state index contributed by atoms with van der Waals surface area (Å²) < 4.78 is 54.9. The van der Waals surface area contributed by atoms with Gasteiger partial charge in [-0.05, 0) is 101 Å². The zero-order chi connectivity index (χ0) is 30.8. The molecular formula is C29H40F4N6O3. The highest BCUT2D eigenvalue weighted by Crippen LogP contribution is 2.51. The van der Waals surface area contributed by atoms with Gasteiger partial charge < -0.3 is 21.1 Å². The molecule has 1 aromatic heterocycles. The number of amides is 2. The first-order valence-electron chi connectivity index (χ1n) is 14.4. The standard InChI is InChI=1S/C29H40F4N6O3/c1-15(2)39-23(9-10-36-39)27(41)38-25(24(17-5-6-17)18-7-8-18)28(42)37-22-11-19(13-34-4)20(12-21(22)30)16(3)26(40)35-14-29(31,32)33/h9-12,15-18,24-25,27,34,38,41H,5-8,13-14H2,1-4H3,(H,35,40)(H,37,42)/t16?,25-,27?/m0/s1. The number of hydrogen-bond acceptors (Lipinski definition) is 6. The Morgan fingerprint density at radius 3 is 2.29 bits per heavy atom. The molecule has 5 N–H and O–H groups in total. The van der Waals surface area contributed by atoms with Crippen molar-refractivity contribution in [2.24, 2.45) is 17.8 Å². The van der Waals surface area contributed by atoms with Crippen molar-refractivity contribution in [1.82, 2.24) is 25.7 Å². The molecule has 4 rings (SSSR count). The minimum atomic E-state index is -4.58. The van der Waals surface area contributed by atoms with E-state index in [0.717, 1.165) is 31.7 Å². The maximum absolute atomic E-state index is 15.4. The van der Waals surface area contributed by atoms with Crippen LogP contribution in [0, 0.1) is 23.6 Å². The van der Waals surface area contributed by atoms with E-state index < -0.39 is 48.5 Å². The number of carbonyl (C=O) groups excluding carboxylic acids is 2. The summed E-state index contributed by atoms with van der Waals surface area (Å²) in [6, 6.07) is 3.34. The fraction of sp³-hybridized carbons (Fsp3) is 0.621. The normalized spacial score (nSPS) is 17.8. The van der Waals surface area contributed by atoms with Crippen LogP contribution in [0.15, 0.2) is 24.4 Å². The van der Waals surface area contributed by atoms with E-state index in [2.05, 4.69) is 21.0 Å². The monoisotopic (exact) mass is 596 g/mol. The Morgan fingerprint density at radius 2 is 1.74 bits per heavy atom. The van der Waals surface area contributed by atoms with Gasteiger partial charge in [-0.15, -0.1) is 0 Å². The van der Waals surface area contributed by atoms with E-state index in [4.69, 9.17) is 0 Å². The van der Waals surface area contributed by atoms with Crippen molar-refractivity contribution in [1.29, 1.82) is 0 Å². The Morgan fingerprint density at radius 1 is 1.10 bits per heavy atom. The van der Waals surface area contributed by atoms with Gasteiger partial charge in [0, 0.05) is 18.8 Å². The molecule has 0 aliphatic heterocycles. The fourth-order valence-electron chi connectivity index (χ4n) is 5.65. The molecule has 232 valence electrons. The summed E-state index contributed by atoms with van der Waals surface area (Å²) in [7, 11) is 1.64. The van der Waals surface area contributed by atoms with Crippen molar-refractivity contribution in [3.05, 3.63) is 47.0 Å². The molecule has 9 nitrogen and oxygen atoms in total. The molecule has 1 heterocycles. The predicted molar refractivity (Wildman–Crippen MR) is 149 cm³/mol. The topological polar surface area (TPSA) is 120 Å². The number of alkyl halides is 3. The molecule has 0 spiro atoms. The van der Waals surface area contributed by atoms with Gasteiger partial charge in [0.25, 0.3) is 0 Å². The number of nitrogens with zero attached hydrogens (tertiary/aromatic N) is 2. The number of benzene rings is 1. The average Bonchev–Trinajstić information content (AvgIpc) is 3.87. The van der Waals surface area contributed by atoms with Gasteiger partial charge in [-0.2, -0.15) is 18.3 Å². The molecular weight excluding hydrogens is 556 g/mol. The van der Waals surface area contributed by atoms with Gasteiger partial charge in [0.05, 0.1) is 23.3 Å². The third-order valence-electron chi connectivity index (χ3n) is 7.98. The van der Waals surface area contributed by atoms with Crippen LogP contribution in [0.5, 0.6) is 0 Å². The first-order valence-corrected chi connectivity index (χ1v) is 14.4. The van der Waals surface area contributed by atoms with E-state index >= 15 is 4.39 Å². The molecule has 0 saturated heterocycles. The third kappa shape index (κ3) is 7.87. The van der Waals surface area contributed by atoms with E-state index in [9.17, 15) is 27.9 Å². The summed E-state index contributed by atoms with van der Waals surface area (Å²) in [6.45, 7) is 3.95. The van der Waals surface area contributed by atoms with Crippen LogP contribution in [0.25, 0.3) is 0 Å². The molecule has 2 saturated carbocycles. The minimum Gasteiger partial charge on any atom is -0.373 e. The van der Waals surface area contributed by atoms with E-state index in [-0.39, 0.29) is 29.8 Å². The van der Waals surface area contributed by atoms with Gasteiger partial charge in [0.2, 0.25) is 11.8 Å². The van der Waals surface area contributed by atoms with Crippen molar-refractivity contribution >= 4 is 17.5 Å². The lowest BCUT2D eigenvalue weighted by Gasteiger charge is -2.30. The number of halogens is 4. The number of carbonyl (C=O) groups is 2. The quantitative estimate of drug-likeness (QED) is 0.165. The lowest BCUT2D eigenvalue weighted by atomic mass is 9.88. The first kappa shape index (κ1) is 31.9. The summed E-state index contributed by atoms with van der Waals surface area (Å²) in [5.74, 6) is -2.66. The summed E-state index contributed by atoms with van der Waals surface area (Å²) in [5.41, 5.74) is 1.06. The van der Waals surface area contributed by atoms with E-state index in [1.807, 2.05) is 19.2 Å². The molecule has 1 aromatic carbocycles. The summed E-state index contributed by atoms with van der Waals surface area (Å²) in [5, 5.41) is 26.0. The Labute approximate surface area is 242 Å². The SMILES string of the molecule is CNCc1cc(NC(=O)[C@@H](NC(O)c2ccnn2C(C)C)C(C2CC2)C2CC2)c(F)cc1C(C)C(=O)NCC(F)(F)F. The van der Waals surface area contributed by atoms with Crippen molar-refractivity contribution in [3.8, 4) is 0 Å². The highest BCUT2D eigenvalue weighted by molar-refractivity contribution is 5.95.